The predicted octanol–water partition coefficient (Wildman–Crippen LogP) is 1.02. The number of ether oxygens (including phenoxy) is 1. The van der Waals surface area contributed by atoms with E-state index < -0.39 is 0 Å². The fourth-order valence-corrected chi connectivity index (χ4v) is 0.834. The third-order valence-electron chi connectivity index (χ3n) is 1.20. The Morgan fingerprint density at radius 2 is 2.18 bits per heavy atom. The van der Waals surface area contributed by atoms with Crippen LogP contribution < -0.4 is 10.2 Å². The predicted molar refractivity (Wildman–Crippen MR) is 43.0 cm³/mol. The van der Waals surface area contributed by atoms with Crippen molar-refractivity contribution >= 4 is 13.3 Å². The lowest BCUT2D eigenvalue weighted by molar-refractivity contribution is 0.338. The highest BCUT2D eigenvalue weighted by Crippen LogP contribution is 2.09. The molecule has 0 atom stereocenters. The average Bonchev–Trinajstić information content (AvgIpc) is 1.85. The molecule has 0 amide bonds. The summed E-state index contributed by atoms with van der Waals surface area (Å²) in [5.41, 5.74) is 0.383. The second kappa shape index (κ2) is 3.42. The van der Waals surface area contributed by atoms with Crippen molar-refractivity contribution in [3.8, 4) is 5.75 Å². The Morgan fingerprint density at radius 3 is 2.73 bits per heavy atom. The van der Waals surface area contributed by atoms with Gasteiger partial charge < -0.3 is 4.74 Å². The summed E-state index contributed by atoms with van der Waals surface area (Å²) < 4.78 is 17.6. The topological polar surface area (TPSA) is 9.23 Å². The van der Waals surface area contributed by atoms with Gasteiger partial charge in [0.1, 0.15) is 19.4 Å². The highest BCUT2D eigenvalue weighted by atomic mass is 19.1. The molecule has 3 heteroatoms. The van der Waals surface area contributed by atoms with Gasteiger partial charge in [0.15, 0.2) is 0 Å². The molecule has 0 heterocycles. The first kappa shape index (κ1) is 8.11. The molecule has 0 aliphatic heterocycles. The SMILES string of the molecule is [B]c1cc(F)cc(OCC)c1. The van der Waals surface area contributed by atoms with Crippen molar-refractivity contribution in [2.75, 3.05) is 6.61 Å². The first-order valence-corrected chi connectivity index (χ1v) is 3.41. The van der Waals surface area contributed by atoms with Crippen molar-refractivity contribution in [2.24, 2.45) is 0 Å². The second-order valence-electron chi connectivity index (χ2n) is 2.15. The molecule has 0 aromatic heterocycles. The van der Waals surface area contributed by atoms with Crippen LogP contribution in [0.15, 0.2) is 18.2 Å². The Morgan fingerprint density at radius 1 is 1.45 bits per heavy atom. The van der Waals surface area contributed by atoms with E-state index in [1.165, 1.54) is 12.1 Å². The Kier molecular flexibility index (Phi) is 2.52. The molecule has 0 saturated heterocycles. The summed E-state index contributed by atoms with van der Waals surface area (Å²) >= 11 is 0. The van der Waals surface area contributed by atoms with Gasteiger partial charge >= 0.3 is 0 Å². The van der Waals surface area contributed by atoms with Crippen LogP contribution in [0, 0.1) is 5.82 Å². The van der Waals surface area contributed by atoms with Crippen LogP contribution in [0.5, 0.6) is 5.75 Å². The zero-order valence-electron chi connectivity index (χ0n) is 6.30. The average molecular weight is 150 g/mol. The molecule has 0 fully saturated rings. The lowest BCUT2D eigenvalue weighted by Crippen LogP contribution is -2.04. The summed E-state index contributed by atoms with van der Waals surface area (Å²) in [6.07, 6.45) is 0. The van der Waals surface area contributed by atoms with Crippen LogP contribution in [0.1, 0.15) is 6.92 Å². The van der Waals surface area contributed by atoms with E-state index in [2.05, 4.69) is 0 Å². The Bertz CT molecular complexity index is 230. The quantitative estimate of drug-likeness (QED) is 0.571. The molecular formula is C8H8BFO. The van der Waals surface area contributed by atoms with E-state index in [0.29, 0.717) is 17.8 Å². The van der Waals surface area contributed by atoms with E-state index in [9.17, 15) is 4.39 Å². The highest BCUT2D eigenvalue weighted by molar-refractivity contribution is 6.32. The monoisotopic (exact) mass is 150 g/mol. The molecule has 0 saturated carbocycles. The van der Waals surface area contributed by atoms with E-state index in [0.717, 1.165) is 0 Å². The van der Waals surface area contributed by atoms with Crippen LogP contribution in [0.2, 0.25) is 0 Å². The number of halogens is 1. The van der Waals surface area contributed by atoms with Gasteiger partial charge in [0.25, 0.3) is 0 Å². The molecule has 1 aromatic rings. The van der Waals surface area contributed by atoms with Crippen LogP contribution in [0.25, 0.3) is 0 Å². The number of rotatable bonds is 2. The van der Waals surface area contributed by atoms with Gasteiger partial charge in [0.05, 0.1) is 6.61 Å². The summed E-state index contributed by atoms with van der Waals surface area (Å²) in [6.45, 7) is 2.35. The van der Waals surface area contributed by atoms with Crippen molar-refractivity contribution in [2.45, 2.75) is 6.92 Å². The summed E-state index contributed by atoms with van der Waals surface area (Å²) in [4.78, 5) is 0. The molecule has 0 aliphatic rings. The summed E-state index contributed by atoms with van der Waals surface area (Å²) in [5, 5.41) is 0. The van der Waals surface area contributed by atoms with Crippen LogP contribution in [0.4, 0.5) is 4.39 Å². The molecule has 0 aliphatic carbocycles. The van der Waals surface area contributed by atoms with Crippen molar-refractivity contribution in [1.82, 2.24) is 0 Å². The first-order chi connectivity index (χ1) is 5.22. The van der Waals surface area contributed by atoms with Crippen LogP contribution in [-0.2, 0) is 0 Å². The maximum Gasteiger partial charge on any atom is 0.126 e. The molecule has 1 aromatic carbocycles. The van der Waals surface area contributed by atoms with E-state index in [-0.39, 0.29) is 5.82 Å². The third kappa shape index (κ3) is 2.26. The number of hydrogen-bond acceptors (Lipinski definition) is 1. The first-order valence-electron chi connectivity index (χ1n) is 3.41. The molecule has 0 spiro atoms. The minimum absolute atomic E-state index is 0.367. The minimum Gasteiger partial charge on any atom is -0.494 e. The second-order valence-corrected chi connectivity index (χ2v) is 2.15. The molecule has 1 nitrogen and oxygen atoms in total. The van der Waals surface area contributed by atoms with E-state index in [1.54, 1.807) is 6.07 Å². The number of hydrogen-bond donors (Lipinski definition) is 0. The van der Waals surface area contributed by atoms with Crippen LogP contribution in [-0.4, -0.2) is 14.5 Å². The van der Waals surface area contributed by atoms with Crippen LogP contribution >= 0.6 is 0 Å². The molecule has 11 heavy (non-hydrogen) atoms. The van der Waals surface area contributed by atoms with Gasteiger partial charge in [-0.2, -0.15) is 0 Å². The van der Waals surface area contributed by atoms with Gasteiger partial charge in [-0.1, -0.05) is 5.46 Å². The largest absolute Gasteiger partial charge is 0.494 e. The van der Waals surface area contributed by atoms with Gasteiger partial charge in [-0.15, -0.1) is 0 Å². The van der Waals surface area contributed by atoms with Crippen molar-refractivity contribution in [3.63, 3.8) is 0 Å². The molecule has 0 N–H and O–H groups in total. The smallest absolute Gasteiger partial charge is 0.126 e. The summed E-state index contributed by atoms with van der Waals surface area (Å²) in [7, 11) is 5.37. The zero-order valence-corrected chi connectivity index (χ0v) is 6.30. The van der Waals surface area contributed by atoms with Gasteiger partial charge in [-0.25, -0.2) is 4.39 Å². The Balaban J connectivity index is 2.89. The third-order valence-corrected chi connectivity index (χ3v) is 1.20. The highest BCUT2D eigenvalue weighted by Gasteiger charge is 1.96. The fraction of sp³-hybridized carbons (Fsp3) is 0.250. The van der Waals surface area contributed by atoms with Crippen molar-refractivity contribution in [1.29, 1.82) is 0 Å². The van der Waals surface area contributed by atoms with E-state index >= 15 is 0 Å². The van der Waals surface area contributed by atoms with Crippen molar-refractivity contribution in [3.05, 3.63) is 24.0 Å². The minimum atomic E-state index is -0.367. The lowest BCUT2D eigenvalue weighted by Gasteiger charge is -2.03. The normalized spacial score (nSPS) is 9.64. The van der Waals surface area contributed by atoms with Crippen molar-refractivity contribution < 1.29 is 9.13 Å². The molecule has 0 bridgehead atoms. The standard InChI is InChI=1S/C8H8BFO/c1-2-11-8-4-6(9)3-7(10)5-8/h3-5H,2H2,1H3. The summed E-state index contributed by atoms with van der Waals surface area (Å²) in [5.74, 6) is 0.110. The van der Waals surface area contributed by atoms with E-state index in [1.807, 2.05) is 6.92 Å². The fourth-order valence-electron chi connectivity index (χ4n) is 0.834. The Hall–Kier alpha value is -0.985. The van der Waals surface area contributed by atoms with Gasteiger partial charge in [0, 0.05) is 6.07 Å². The van der Waals surface area contributed by atoms with Gasteiger partial charge in [0.2, 0.25) is 0 Å². The van der Waals surface area contributed by atoms with E-state index in [4.69, 9.17) is 12.6 Å². The van der Waals surface area contributed by atoms with Gasteiger partial charge in [-0.3, -0.25) is 0 Å². The molecular weight excluding hydrogens is 142 g/mol. The maximum atomic E-state index is 12.6. The summed E-state index contributed by atoms with van der Waals surface area (Å²) in [6, 6.07) is 4.15. The number of benzene rings is 1. The molecule has 1 rings (SSSR count). The lowest BCUT2D eigenvalue weighted by atomic mass is 9.96. The van der Waals surface area contributed by atoms with Gasteiger partial charge in [-0.05, 0) is 19.1 Å². The van der Waals surface area contributed by atoms with Crippen LogP contribution in [0.3, 0.4) is 0 Å². The molecule has 2 radical (unpaired) electrons. The Labute approximate surface area is 66.6 Å². The zero-order chi connectivity index (χ0) is 8.27. The molecule has 56 valence electrons. The maximum absolute atomic E-state index is 12.6. The molecule has 0 unspecified atom stereocenters.